The highest BCUT2D eigenvalue weighted by molar-refractivity contribution is 8.02. The normalized spacial score (nSPS) is 27.8. The number of allylic oxidation sites excluding steroid dienone is 1. The fourth-order valence-electron chi connectivity index (χ4n) is 7.00. The van der Waals surface area contributed by atoms with Crippen LogP contribution in [0.4, 0.5) is 5.69 Å². The third-order valence-corrected chi connectivity index (χ3v) is 11.4. The van der Waals surface area contributed by atoms with Crippen molar-refractivity contribution in [3.05, 3.63) is 54.1 Å². The fraction of sp³-hybridized carbons (Fsp3) is 0.594. The van der Waals surface area contributed by atoms with E-state index in [4.69, 9.17) is 16.3 Å². The molecule has 0 aliphatic carbocycles. The summed E-state index contributed by atoms with van der Waals surface area (Å²) in [6.45, 7) is 13.7. The number of hydrogen-bond donors (Lipinski definition) is 1. The highest BCUT2D eigenvalue weighted by Crippen LogP contribution is 2.67. The monoisotopic (exact) mass is 602 g/mol. The number of carbonyl (C=O) groups is 3. The van der Waals surface area contributed by atoms with E-state index in [9.17, 15) is 19.5 Å². The van der Waals surface area contributed by atoms with Gasteiger partial charge in [0.05, 0.1) is 46.5 Å². The Morgan fingerprint density at radius 2 is 2.07 bits per heavy atom. The first kappa shape index (κ1) is 31.6. The van der Waals surface area contributed by atoms with E-state index in [0.29, 0.717) is 23.7 Å². The Morgan fingerprint density at radius 1 is 1.32 bits per heavy atom. The van der Waals surface area contributed by atoms with Crippen LogP contribution in [-0.4, -0.2) is 69.6 Å². The highest BCUT2D eigenvalue weighted by atomic mass is 35.5. The minimum atomic E-state index is -0.859. The number of benzene rings is 1. The van der Waals surface area contributed by atoms with Gasteiger partial charge in [0, 0.05) is 11.8 Å². The van der Waals surface area contributed by atoms with Crippen molar-refractivity contribution in [3.8, 4) is 0 Å². The number of amides is 2. The van der Waals surface area contributed by atoms with Crippen LogP contribution in [0.2, 0.25) is 5.02 Å². The summed E-state index contributed by atoms with van der Waals surface area (Å²) in [6.07, 6.45) is 8.04. The second-order valence-corrected chi connectivity index (χ2v) is 13.5. The zero-order valence-electron chi connectivity index (χ0n) is 24.4. The number of hydrogen-bond acceptors (Lipinski definition) is 6. The third-order valence-electron chi connectivity index (χ3n) is 9.17. The minimum absolute atomic E-state index is 0.0539. The second kappa shape index (κ2) is 13.3. The lowest BCUT2D eigenvalue weighted by Gasteiger charge is -2.41. The molecule has 224 valence electrons. The molecule has 2 amide bonds. The third kappa shape index (κ3) is 5.59. The Labute approximate surface area is 253 Å². The molecule has 7 atom stereocenters. The van der Waals surface area contributed by atoms with Gasteiger partial charge in [-0.05, 0) is 56.6 Å². The lowest BCUT2D eigenvalue weighted by molar-refractivity contribution is -0.155. The molecule has 2 bridgehead atoms. The van der Waals surface area contributed by atoms with Gasteiger partial charge in [0.15, 0.2) is 0 Å². The number of aryl methyl sites for hydroxylation is 1. The van der Waals surface area contributed by atoms with Gasteiger partial charge in [0.2, 0.25) is 5.91 Å². The molecule has 3 aliphatic heterocycles. The number of aliphatic hydroxyl groups is 1. The van der Waals surface area contributed by atoms with Crippen LogP contribution < -0.4 is 4.90 Å². The zero-order chi connectivity index (χ0) is 29.9. The van der Waals surface area contributed by atoms with Crippen LogP contribution in [0.5, 0.6) is 0 Å². The van der Waals surface area contributed by atoms with Crippen molar-refractivity contribution in [1.29, 1.82) is 0 Å². The zero-order valence-corrected chi connectivity index (χ0v) is 26.0. The maximum atomic E-state index is 14.8. The summed E-state index contributed by atoms with van der Waals surface area (Å²) < 4.78 is 4.93. The standard InChI is InChI=1S/C32H43ClN2O5S/c1-6-9-10-11-18-40-31(39)25-24-15-16-32(41-24)26(25)29(37)35(23(19-36)20(4)8-3)28(32)30(38)34(17-7-2)27-21(5)13-12-14-22(27)33/h6-7,12-14,20,23-26,28,36H,1-2,8-11,15-19H2,3-5H3/t20-,23-,24-,25+,26-,28?,32?/m0/s1. The van der Waals surface area contributed by atoms with E-state index >= 15 is 0 Å². The highest BCUT2D eigenvalue weighted by Gasteiger charge is 2.75. The first-order valence-corrected chi connectivity index (χ1v) is 16.0. The summed E-state index contributed by atoms with van der Waals surface area (Å²) in [6, 6.07) is 4.07. The topological polar surface area (TPSA) is 87.2 Å². The average molecular weight is 603 g/mol. The maximum Gasteiger partial charge on any atom is 0.310 e. The van der Waals surface area contributed by atoms with Crippen LogP contribution in [-0.2, 0) is 19.1 Å². The minimum Gasteiger partial charge on any atom is -0.465 e. The Kier molecular flexibility index (Phi) is 10.3. The number of anilines is 1. The molecule has 7 nitrogen and oxygen atoms in total. The summed E-state index contributed by atoms with van der Waals surface area (Å²) in [4.78, 5) is 46.0. The molecule has 9 heteroatoms. The molecule has 4 rings (SSSR count). The van der Waals surface area contributed by atoms with Crippen molar-refractivity contribution in [1.82, 2.24) is 4.90 Å². The Bertz CT molecular complexity index is 1160. The smallest absolute Gasteiger partial charge is 0.310 e. The largest absolute Gasteiger partial charge is 0.465 e. The summed E-state index contributed by atoms with van der Waals surface area (Å²) >= 11 is 8.25. The Hall–Kier alpha value is -2.29. The van der Waals surface area contributed by atoms with Crippen LogP contribution in [0.1, 0.15) is 57.9 Å². The predicted octanol–water partition coefficient (Wildman–Crippen LogP) is 5.57. The maximum absolute atomic E-state index is 14.8. The van der Waals surface area contributed by atoms with E-state index in [2.05, 4.69) is 13.2 Å². The van der Waals surface area contributed by atoms with Crippen LogP contribution >= 0.6 is 23.4 Å². The number of rotatable bonds is 14. The van der Waals surface area contributed by atoms with Gasteiger partial charge >= 0.3 is 5.97 Å². The number of fused-ring (bicyclic) bond motifs is 1. The van der Waals surface area contributed by atoms with Crippen LogP contribution in [0.15, 0.2) is 43.5 Å². The molecule has 1 aromatic carbocycles. The van der Waals surface area contributed by atoms with Gasteiger partial charge in [-0.15, -0.1) is 24.9 Å². The fourth-order valence-corrected chi connectivity index (χ4v) is 9.51. The molecule has 2 unspecified atom stereocenters. The number of aliphatic hydroxyl groups excluding tert-OH is 1. The number of thioether (sulfide) groups is 1. The van der Waals surface area contributed by atoms with Crippen LogP contribution in [0.25, 0.3) is 0 Å². The van der Waals surface area contributed by atoms with Gasteiger partial charge in [0.1, 0.15) is 6.04 Å². The first-order valence-electron chi connectivity index (χ1n) is 14.7. The molecule has 1 aromatic rings. The summed E-state index contributed by atoms with van der Waals surface area (Å²) in [5.41, 5.74) is 1.42. The van der Waals surface area contributed by atoms with Gasteiger partial charge < -0.3 is 19.6 Å². The average Bonchev–Trinajstić information content (AvgIpc) is 3.60. The van der Waals surface area contributed by atoms with E-state index in [-0.39, 0.29) is 42.1 Å². The quantitative estimate of drug-likeness (QED) is 0.170. The summed E-state index contributed by atoms with van der Waals surface area (Å²) in [5.74, 6) is -2.21. The summed E-state index contributed by atoms with van der Waals surface area (Å²) in [5, 5.41) is 10.9. The molecule has 3 fully saturated rings. The number of esters is 1. The van der Waals surface area contributed by atoms with Gasteiger partial charge in [-0.25, -0.2) is 0 Å². The Balaban J connectivity index is 1.76. The van der Waals surface area contributed by atoms with Gasteiger partial charge in [-0.1, -0.05) is 56.2 Å². The van der Waals surface area contributed by atoms with E-state index in [1.165, 1.54) is 0 Å². The molecule has 0 aromatic heterocycles. The van der Waals surface area contributed by atoms with Crippen molar-refractivity contribution in [3.63, 3.8) is 0 Å². The molecule has 41 heavy (non-hydrogen) atoms. The number of unbranched alkanes of at least 4 members (excludes halogenated alkanes) is 2. The lowest BCUT2D eigenvalue weighted by Crippen LogP contribution is -2.59. The van der Waals surface area contributed by atoms with E-state index in [0.717, 1.165) is 37.7 Å². The molecule has 3 saturated heterocycles. The molecular weight excluding hydrogens is 560 g/mol. The summed E-state index contributed by atoms with van der Waals surface area (Å²) in [7, 11) is 0. The van der Waals surface area contributed by atoms with Gasteiger partial charge in [0.25, 0.3) is 5.91 Å². The van der Waals surface area contributed by atoms with Crippen LogP contribution in [0.3, 0.4) is 0 Å². The molecule has 1 N–H and O–H groups in total. The van der Waals surface area contributed by atoms with Crippen LogP contribution in [0, 0.1) is 24.7 Å². The number of carbonyl (C=O) groups excluding carboxylic acids is 3. The second-order valence-electron chi connectivity index (χ2n) is 11.5. The molecule has 0 saturated carbocycles. The predicted molar refractivity (Wildman–Crippen MR) is 165 cm³/mol. The number of para-hydroxylation sites is 1. The van der Waals surface area contributed by atoms with E-state index < -0.39 is 28.7 Å². The molecular formula is C32H43ClN2O5S. The first-order chi connectivity index (χ1) is 19.7. The molecule has 0 radical (unpaired) electrons. The number of ether oxygens (including phenoxy) is 1. The van der Waals surface area contributed by atoms with Crippen molar-refractivity contribution in [2.45, 2.75) is 81.4 Å². The molecule has 3 heterocycles. The molecule has 1 spiro atoms. The Morgan fingerprint density at radius 3 is 2.71 bits per heavy atom. The van der Waals surface area contributed by atoms with Crippen molar-refractivity contribution >= 4 is 46.8 Å². The van der Waals surface area contributed by atoms with Gasteiger partial charge in [-0.3, -0.25) is 14.4 Å². The van der Waals surface area contributed by atoms with E-state index in [1.807, 2.05) is 39.0 Å². The van der Waals surface area contributed by atoms with Crippen molar-refractivity contribution in [2.75, 3.05) is 24.7 Å². The van der Waals surface area contributed by atoms with Crippen molar-refractivity contribution in [2.24, 2.45) is 17.8 Å². The number of halogens is 1. The number of nitrogens with zero attached hydrogens (tertiary/aromatic N) is 2. The molecule has 3 aliphatic rings. The number of likely N-dealkylation sites (tertiary alicyclic amines) is 1. The van der Waals surface area contributed by atoms with E-state index in [1.54, 1.807) is 33.7 Å². The SMILES string of the molecule is C=CCCCCOC(=O)[C@@H]1[C@@H]2CCC3(S2)C(C(=O)N(CC=C)c2c(C)cccc2Cl)N([C@@H](CO)[C@@H](C)CC)C(=O)[C@H]13. The lowest BCUT2D eigenvalue weighted by atomic mass is 9.71. The van der Waals surface area contributed by atoms with Gasteiger partial charge in [-0.2, -0.15) is 0 Å². The van der Waals surface area contributed by atoms with Crippen molar-refractivity contribution < 1.29 is 24.2 Å².